The van der Waals surface area contributed by atoms with Gasteiger partial charge < -0.3 is 5.32 Å². The second-order valence-corrected chi connectivity index (χ2v) is 4.90. The highest BCUT2D eigenvalue weighted by molar-refractivity contribution is 9.10. The lowest BCUT2D eigenvalue weighted by molar-refractivity contribution is 0.805. The number of anilines is 1. The van der Waals surface area contributed by atoms with Crippen LogP contribution in [0.1, 0.15) is 12.1 Å². The lowest BCUT2D eigenvalue weighted by Crippen LogP contribution is -2.12. The fourth-order valence-corrected chi connectivity index (χ4v) is 2.38. The van der Waals surface area contributed by atoms with Gasteiger partial charge in [-0.15, -0.1) is 0 Å². The van der Waals surface area contributed by atoms with Gasteiger partial charge in [0.2, 0.25) is 0 Å². The summed E-state index contributed by atoms with van der Waals surface area (Å²) in [6.07, 6.45) is 4.15. The summed E-state index contributed by atoms with van der Waals surface area (Å²) >= 11 is 9.45. The first kappa shape index (κ1) is 9.48. The Labute approximate surface area is 101 Å². The van der Waals surface area contributed by atoms with Crippen LogP contribution in [0.2, 0.25) is 5.02 Å². The van der Waals surface area contributed by atoms with Gasteiger partial charge in [0.1, 0.15) is 11.5 Å². The van der Waals surface area contributed by atoms with Gasteiger partial charge in [-0.25, -0.2) is 4.98 Å². The average molecular weight is 287 g/mol. The minimum absolute atomic E-state index is 0.699. The van der Waals surface area contributed by atoms with Crippen LogP contribution in [0.25, 0.3) is 5.65 Å². The zero-order valence-corrected chi connectivity index (χ0v) is 10.3. The molecule has 0 spiro atoms. The van der Waals surface area contributed by atoms with Crippen molar-refractivity contribution in [2.24, 2.45) is 0 Å². The summed E-state index contributed by atoms with van der Waals surface area (Å²) < 4.78 is 2.94. The van der Waals surface area contributed by atoms with E-state index in [1.807, 2.05) is 16.7 Å². The highest BCUT2D eigenvalue weighted by Gasteiger charge is 2.16. The molecule has 3 nitrogen and oxygen atoms in total. The van der Waals surface area contributed by atoms with Gasteiger partial charge in [0.05, 0.1) is 15.2 Å². The lowest BCUT2D eigenvalue weighted by Gasteiger charge is -2.13. The molecule has 0 unspecified atom stereocenters. The van der Waals surface area contributed by atoms with Crippen molar-refractivity contribution >= 4 is 39.0 Å². The van der Waals surface area contributed by atoms with Crippen LogP contribution < -0.4 is 5.32 Å². The Bertz CT molecular complexity index is 535. The predicted molar refractivity (Wildman–Crippen MR) is 64.7 cm³/mol. The maximum Gasteiger partial charge on any atom is 0.140 e. The topological polar surface area (TPSA) is 29.3 Å². The van der Waals surface area contributed by atoms with E-state index in [-0.39, 0.29) is 0 Å². The molecule has 0 bridgehead atoms. The molecule has 0 fully saturated rings. The second-order valence-electron chi connectivity index (χ2n) is 3.63. The van der Waals surface area contributed by atoms with Crippen LogP contribution in [0, 0.1) is 0 Å². The molecular weight excluding hydrogens is 277 g/mol. The quantitative estimate of drug-likeness (QED) is 0.806. The SMILES string of the molecule is Clc1cc2nc3c(n2cc1Br)NCCC3. The van der Waals surface area contributed by atoms with Crippen molar-refractivity contribution < 1.29 is 0 Å². The molecule has 0 amide bonds. The van der Waals surface area contributed by atoms with E-state index in [4.69, 9.17) is 11.6 Å². The number of fused-ring (bicyclic) bond motifs is 3. The summed E-state index contributed by atoms with van der Waals surface area (Å²) in [6, 6.07) is 1.88. The molecule has 0 radical (unpaired) electrons. The molecule has 78 valence electrons. The minimum atomic E-state index is 0.699. The van der Waals surface area contributed by atoms with E-state index < -0.39 is 0 Å². The first-order valence-corrected chi connectivity index (χ1v) is 6.02. The number of pyridine rings is 1. The van der Waals surface area contributed by atoms with Crippen LogP contribution in [0.4, 0.5) is 5.82 Å². The second kappa shape index (κ2) is 3.39. The van der Waals surface area contributed by atoms with Crippen molar-refractivity contribution in [2.75, 3.05) is 11.9 Å². The van der Waals surface area contributed by atoms with E-state index in [2.05, 4.69) is 26.2 Å². The summed E-state index contributed by atoms with van der Waals surface area (Å²) in [5.74, 6) is 1.11. The molecule has 5 heteroatoms. The number of hydrogen-bond donors (Lipinski definition) is 1. The van der Waals surface area contributed by atoms with Crippen LogP contribution >= 0.6 is 27.5 Å². The third-order valence-electron chi connectivity index (χ3n) is 2.62. The summed E-state index contributed by atoms with van der Waals surface area (Å²) in [5, 5.41) is 4.07. The molecule has 1 aliphatic heterocycles. The molecule has 3 rings (SSSR count). The minimum Gasteiger partial charge on any atom is -0.370 e. The van der Waals surface area contributed by atoms with Crippen molar-refractivity contribution in [3.63, 3.8) is 0 Å². The molecule has 0 saturated heterocycles. The van der Waals surface area contributed by atoms with Crippen LogP contribution in [-0.4, -0.2) is 15.9 Å². The standard InChI is InChI=1S/C10H9BrClN3/c11-6-5-15-9(4-7(6)12)14-8-2-1-3-13-10(8)15/h4-5,13H,1-3H2. The van der Waals surface area contributed by atoms with Gasteiger partial charge in [0.15, 0.2) is 0 Å². The largest absolute Gasteiger partial charge is 0.370 e. The number of nitrogens with zero attached hydrogens (tertiary/aromatic N) is 2. The average Bonchev–Trinajstić information content (AvgIpc) is 2.57. The Hall–Kier alpha value is -0.740. The van der Waals surface area contributed by atoms with Crippen molar-refractivity contribution in [1.82, 2.24) is 9.38 Å². The number of hydrogen-bond acceptors (Lipinski definition) is 2. The van der Waals surface area contributed by atoms with E-state index in [0.29, 0.717) is 5.02 Å². The van der Waals surface area contributed by atoms with Crippen LogP contribution in [0.15, 0.2) is 16.7 Å². The molecule has 0 aliphatic carbocycles. The molecule has 1 N–H and O–H groups in total. The van der Waals surface area contributed by atoms with Gasteiger partial charge in [-0.05, 0) is 28.8 Å². The Morgan fingerprint density at radius 2 is 2.40 bits per heavy atom. The third kappa shape index (κ3) is 1.43. The van der Waals surface area contributed by atoms with Crippen molar-refractivity contribution in [3.8, 4) is 0 Å². The van der Waals surface area contributed by atoms with E-state index in [1.54, 1.807) is 0 Å². The van der Waals surface area contributed by atoms with Gasteiger partial charge in [-0.2, -0.15) is 0 Å². The Morgan fingerprint density at radius 3 is 3.27 bits per heavy atom. The van der Waals surface area contributed by atoms with Crippen molar-refractivity contribution in [1.29, 1.82) is 0 Å². The predicted octanol–water partition coefficient (Wildman–Crippen LogP) is 3.11. The number of nitrogens with one attached hydrogen (secondary N) is 1. The van der Waals surface area contributed by atoms with E-state index in [1.165, 1.54) is 0 Å². The zero-order chi connectivity index (χ0) is 10.4. The molecule has 3 heterocycles. The van der Waals surface area contributed by atoms with E-state index in [0.717, 1.165) is 41.0 Å². The van der Waals surface area contributed by atoms with E-state index in [9.17, 15) is 0 Å². The van der Waals surface area contributed by atoms with Gasteiger partial charge in [0, 0.05) is 18.8 Å². The van der Waals surface area contributed by atoms with Gasteiger partial charge in [-0.3, -0.25) is 4.40 Å². The molecule has 0 atom stereocenters. The van der Waals surface area contributed by atoms with Crippen molar-refractivity contribution in [2.45, 2.75) is 12.8 Å². The fraction of sp³-hybridized carbons (Fsp3) is 0.300. The number of halogens is 2. The number of aryl methyl sites for hydroxylation is 1. The molecule has 0 aromatic carbocycles. The maximum absolute atomic E-state index is 6.03. The Balaban J connectivity index is 2.33. The maximum atomic E-state index is 6.03. The molecule has 2 aromatic rings. The van der Waals surface area contributed by atoms with Gasteiger partial charge in [-0.1, -0.05) is 11.6 Å². The smallest absolute Gasteiger partial charge is 0.140 e. The van der Waals surface area contributed by atoms with Gasteiger partial charge in [0.25, 0.3) is 0 Å². The normalized spacial score (nSPS) is 15.1. The van der Waals surface area contributed by atoms with Gasteiger partial charge >= 0.3 is 0 Å². The van der Waals surface area contributed by atoms with Crippen LogP contribution in [0.5, 0.6) is 0 Å². The zero-order valence-electron chi connectivity index (χ0n) is 7.93. The molecule has 0 saturated carbocycles. The number of aromatic nitrogens is 2. The van der Waals surface area contributed by atoms with Crippen molar-refractivity contribution in [3.05, 3.63) is 27.5 Å². The summed E-state index contributed by atoms with van der Waals surface area (Å²) in [6.45, 7) is 1.01. The van der Waals surface area contributed by atoms with Crippen LogP contribution in [0.3, 0.4) is 0 Å². The third-order valence-corrected chi connectivity index (χ3v) is 3.79. The molecule has 1 aliphatic rings. The van der Waals surface area contributed by atoms with E-state index >= 15 is 0 Å². The monoisotopic (exact) mass is 285 g/mol. The Kier molecular flexibility index (Phi) is 2.14. The first-order valence-electron chi connectivity index (χ1n) is 4.85. The highest BCUT2D eigenvalue weighted by Crippen LogP contribution is 2.29. The molecule has 15 heavy (non-hydrogen) atoms. The summed E-state index contributed by atoms with van der Waals surface area (Å²) in [4.78, 5) is 4.55. The number of imidazole rings is 1. The molecular formula is C10H9BrClN3. The first-order chi connectivity index (χ1) is 7.25. The fourth-order valence-electron chi connectivity index (χ4n) is 1.91. The molecule has 2 aromatic heterocycles. The Morgan fingerprint density at radius 1 is 1.53 bits per heavy atom. The summed E-state index contributed by atoms with van der Waals surface area (Å²) in [7, 11) is 0. The van der Waals surface area contributed by atoms with Crippen LogP contribution in [-0.2, 0) is 6.42 Å². The highest BCUT2D eigenvalue weighted by atomic mass is 79.9. The number of rotatable bonds is 0. The summed E-state index contributed by atoms with van der Waals surface area (Å²) in [5.41, 5.74) is 2.04. The lowest BCUT2D eigenvalue weighted by atomic mass is 10.2.